The highest BCUT2D eigenvalue weighted by molar-refractivity contribution is 9.10. The molecule has 1 aromatic carbocycles. The maximum Gasteiger partial charge on any atom is 0.274 e. The maximum atomic E-state index is 13.3. The topological polar surface area (TPSA) is 119 Å². The second-order valence-electron chi connectivity index (χ2n) is 7.11. The summed E-state index contributed by atoms with van der Waals surface area (Å²) in [5, 5.41) is 9.70. The van der Waals surface area contributed by atoms with Crippen LogP contribution in [0.15, 0.2) is 57.9 Å². The standard InChI is InChI=1S/C22H13BrClN5O4/c1-10-11(6-8-33-10)17-14(5-4-12-18(17)22(32)27-20(12)30)26-21(31)15-9-16(23)28-29(15)19-13(24)3-2-7-25-19/h2-9H,1H3,(H,26,31)(H,27,30,32). The van der Waals surface area contributed by atoms with Crippen molar-refractivity contribution >= 4 is 50.9 Å². The molecule has 9 nitrogen and oxygen atoms in total. The summed E-state index contributed by atoms with van der Waals surface area (Å²) in [6.45, 7) is 1.73. The molecule has 0 radical (unpaired) electrons. The molecule has 2 N–H and O–H groups in total. The number of aryl methyl sites for hydroxylation is 1. The summed E-state index contributed by atoms with van der Waals surface area (Å²) in [4.78, 5) is 42.3. The predicted octanol–water partition coefficient (Wildman–Crippen LogP) is 4.39. The van der Waals surface area contributed by atoms with Gasteiger partial charge in [-0.05, 0) is 53.2 Å². The van der Waals surface area contributed by atoms with E-state index in [4.69, 9.17) is 16.0 Å². The van der Waals surface area contributed by atoms with Crippen molar-refractivity contribution < 1.29 is 18.8 Å². The number of carbonyl (C=O) groups is 3. The largest absolute Gasteiger partial charge is 0.469 e. The van der Waals surface area contributed by atoms with Crippen molar-refractivity contribution in [3.8, 4) is 16.9 Å². The van der Waals surface area contributed by atoms with Gasteiger partial charge in [0.05, 0.1) is 22.4 Å². The number of furan rings is 1. The number of rotatable bonds is 4. The molecule has 0 saturated heterocycles. The predicted molar refractivity (Wildman–Crippen MR) is 123 cm³/mol. The van der Waals surface area contributed by atoms with Crippen molar-refractivity contribution in [2.45, 2.75) is 6.92 Å². The SMILES string of the molecule is Cc1occc1-c1c(NC(=O)c2cc(Br)nn2-c2ncccc2Cl)ccc2c1C(=O)NC2=O. The molecule has 0 atom stereocenters. The minimum absolute atomic E-state index is 0.151. The molecule has 1 aliphatic rings. The number of anilines is 1. The molecule has 3 aromatic heterocycles. The third kappa shape index (κ3) is 3.53. The number of halogens is 2. The molecule has 0 spiro atoms. The Morgan fingerprint density at radius 3 is 2.70 bits per heavy atom. The second kappa shape index (κ2) is 7.98. The van der Waals surface area contributed by atoms with Crippen molar-refractivity contribution in [1.82, 2.24) is 20.1 Å². The number of nitrogens with one attached hydrogen (secondary N) is 2. The van der Waals surface area contributed by atoms with Gasteiger partial charge in [0.15, 0.2) is 5.82 Å². The van der Waals surface area contributed by atoms with Crippen LogP contribution in [-0.4, -0.2) is 32.5 Å². The number of carbonyl (C=O) groups excluding carboxylic acids is 3. The lowest BCUT2D eigenvalue weighted by Gasteiger charge is -2.14. The fraction of sp³-hybridized carbons (Fsp3) is 0.0455. The van der Waals surface area contributed by atoms with Crippen LogP contribution in [0.3, 0.4) is 0 Å². The Bertz CT molecular complexity index is 1480. The van der Waals surface area contributed by atoms with E-state index in [1.165, 1.54) is 29.3 Å². The van der Waals surface area contributed by atoms with Gasteiger partial charge in [-0.15, -0.1) is 0 Å². The monoisotopic (exact) mass is 525 g/mol. The molecule has 4 aromatic rings. The minimum atomic E-state index is -0.547. The molecule has 5 rings (SSSR count). The number of benzene rings is 1. The van der Waals surface area contributed by atoms with Crippen molar-refractivity contribution in [3.05, 3.63) is 81.1 Å². The number of nitrogens with zero attached hydrogens (tertiary/aromatic N) is 3. The first-order chi connectivity index (χ1) is 15.8. The molecule has 1 aliphatic heterocycles. The molecule has 164 valence electrons. The van der Waals surface area contributed by atoms with Gasteiger partial charge in [0, 0.05) is 29.1 Å². The average molecular weight is 527 g/mol. The van der Waals surface area contributed by atoms with E-state index in [0.717, 1.165) is 0 Å². The molecule has 0 aliphatic carbocycles. The number of aromatic nitrogens is 3. The fourth-order valence-electron chi connectivity index (χ4n) is 3.68. The summed E-state index contributed by atoms with van der Waals surface area (Å²) in [5.41, 5.74) is 1.83. The Kier molecular flexibility index (Phi) is 5.10. The van der Waals surface area contributed by atoms with E-state index in [1.807, 2.05) is 0 Å². The lowest BCUT2D eigenvalue weighted by molar-refractivity contribution is 0.0878. The molecule has 0 unspecified atom stereocenters. The van der Waals surface area contributed by atoms with Gasteiger partial charge in [0.1, 0.15) is 16.1 Å². The number of hydrogen-bond donors (Lipinski definition) is 2. The zero-order valence-electron chi connectivity index (χ0n) is 16.8. The Balaban J connectivity index is 1.62. The van der Waals surface area contributed by atoms with Gasteiger partial charge in [-0.1, -0.05) is 11.6 Å². The van der Waals surface area contributed by atoms with Crippen LogP contribution in [0.2, 0.25) is 5.02 Å². The Morgan fingerprint density at radius 1 is 1.15 bits per heavy atom. The third-order valence-electron chi connectivity index (χ3n) is 5.13. The summed E-state index contributed by atoms with van der Waals surface area (Å²) in [6.07, 6.45) is 3.01. The molecule has 0 saturated carbocycles. The normalized spacial score (nSPS) is 12.6. The van der Waals surface area contributed by atoms with Crippen LogP contribution in [0.5, 0.6) is 0 Å². The summed E-state index contributed by atoms with van der Waals surface area (Å²) in [7, 11) is 0. The van der Waals surface area contributed by atoms with E-state index < -0.39 is 17.7 Å². The van der Waals surface area contributed by atoms with E-state index >= 15 is 0 Å². The van der Waals surface area contributed by atoms with E-state index in [2.05, 4.69) is 36.6 Å². The molecular formula is C22H13BrClN5O4. The molecule has 3 amide bonds. The number of fused-ring (bicyclic) bond motifs is 1. The van der Waals surface area contributed by atoms with Gasteiger partial charge in [-0.3, -0.25) is 19.7 Å². The van der Waals surface area contributed by atoms with Crippen molar-refractivity contribution in [2.75, 3.05) is 5.32 Å². The van der Waals surface area contributed by atoms with Crippen LogP contribution >= 0.6 is 27.5 Å². The first kappa shape index (κ1) is 21.1. The van der Waals surface area contributed by atoms with E-state index in [1.54, 1.807) is 31.2 Å². The fourth-order valence-corrected chi connectivity index (χ4v) is 4.26. The lowest BCUT2D eigenvalue weighted by Crippen LogP contribution is -2.20. The zero-order chi connectivity index (χ0) is 23.3. The van der Waals surface area contributed by atoms with Crippen LogP contribution in [0.4, 0.5) is 5.69 Å². The average Bonchev–Trinajstić information content (AvgIpc) is 3.46. The summed E-state index contributed by atoms with van der Waals surface area (Å²) < 4.78 is 7.12. The first-order valence-corrected chi connectivity index (χ1v) is 10.8. The van der Waals surface area contributed by atoms with Crippen molar-refractivity contribution in [2.24, 2.45) is 0 Å². The number of pyridine rings is 1. The van der Waals surface area contributed by atoms with Crippen LogP contribution in [0, 0.1) is 6.92 Å². The summed E-state index contributed by atoms with van der Waals surface area (Å²) >= 11 is 9.54. The highest BCUT2D eigenvalue weighted by Gasteiger charge is 2.33. The van der Waals surface area contributed by atoms with Gasteiger partial charge in [-0.25, -0.2) is 9.67 Å². The van der Waals surface area contributed by atoms with Gasteiger partial charge >= 0.3 is 0 Å². The third-order valence-corrected chi connectivity index (χ3v) is 5.81. The van der Waals surface area contributed by atoms with Crippen LogP contribution in [0.1, 0.15) is 37.0 Å². The van der Waals surface area contributed by atoms with Crippen LogP contribution < -0.4 is 10.6 Å². The van der Waals surface area contributed by atoms with Gasteiger partial charge in [-0.2, -0.15) is 5.10 Å². The highest BCUT2D eigenvalue weighted by Crippen LogP contribution is 2.38. The van der Waals surface area contributed by atoms with E-state index in [0.29, 0.717) is 32.2 Å². The van der Waals surface area contributed by atoms with Gasteiger partial charge in [0.2, 0.25) is 0 Å². The van der Waals surface area contributed by atoms with Gasteiger partial charge < -0.3 is 9.73 Å². The zero-order valence-corrected chi connectivity index (χ0v) is 19.2. The number of amides is 3. The second-order valence-corrected chi connectivity index (χ2v) is 8.33. The van der Waals surface area contributed by atoms with Crippen molar-refractivity contribution in [3.63, 3.8) is 0 Å². The van der Waals surface area contributed by atoms with E-state index in [9.17, 15) is 14.4 Å². The molecule has 0 fully saturated rings. The van der Waals surface area contributed by atoms with Crippen LogP contribution in [0.25, 0.3) is 16.9 Å². The van der Waals surface area contributed by atoms with Crippen LogP contribution in [-0.2, 0) is 0 Å². The Hall–Kier alpha value is -3.76. The number of hydrogen-bond acceptors (Lipinski definition) is 6. The van der Waals surface area contributed by atoms with E-state index in [-0.39, 0.29) is 22.6 Å². The molecule has 11 heteroatoms. The lowest BCUT2D eigenvalue weighted by atomic mass is 9.94. The molecule has 4 heterocycles. The summed E-state index contributed by atoms with van der Waals surface area (Å²) in [5.74, 6) is -0.766. The molecule has 33 heavy (non-hydrogen) atoms. The van der Waals surface area contributed by atoms with Crippen molar-refractivity contribution in [1.29, 1.82) is 0 Å². The maximum absolute atomic E-state index is 13.3. The molecule has 0 bridgehead atoms. The molecular weight excluding hydrogens is 514 g/mol. The number of imide groups is 1. The van der Waals surface area contributed by atoms with Gasteiger partial charge in [0.25, 0.3) is 17.7 Å². The smallest absolute Gasteiger partial charge is 0.274 e. The first-order valence-electron chi connectivity index (χ1n) is 9.60. The highest BCUT2D eigenvalue weighted by atomic mass is 79.9. The Labute approximate surface area is 199 Å². The summed E-state index contributed by atoms with van der Waals surface area (Å²) in [6, 6.07) is 9.56. The minimum Gasteiger partial charge on any atom is -0.469 e. The quantitative estimate of drug-likeness (QED) is 0.381. The Morgan fingerprint density at radius 2 is 1.97 bits per heavy atom.